The molecule has 0 aromatic heterocycles. The van der Waals surface area contributed by atoms with E-state index >= 15 is 0 Å². The number of ether oxygens (including phenoxy) is 2. The van der Waals surface area contributed by atoms with Crippen LogP contribution in [0, 0.1) is 0 Å². The molecule has 0 bridgehead atoms. The fourth-order valence-electron chi connectivity index (χ4n) is 3.05. The van der Waals surface area contributed by atoms with Crippen molar-refractivity contribution in [1.29, 1.82) is 0 Å². The van der Waals surface area contributed by atoms with Crippen molar-refractivity contribution < 1.29 is 38.4 Å². The normalized spacial score (nSPS) is 12.9. The average molecular weight is 431 g/mol. The van der Waals surface area contributed by atoms with Crippen molar-refractivity contribution in [3.8, 4) is 11.5 Å². The van der Waals surface area contributed by atoms with Gasteiger partial charge in [-0.05, 0) is 18.6 Å². The lowest BCUT2D eigenvalue weighted by Crippen LogP contribution is -3.00. The summed E-state index contributed by atoms with van der Waals surface area (Å²) in [6.07, 6.45) is 8.69. The van der Waals surface area contributed by atoms with E-state index in [9.17, 15) is 0 Å². The van der Waals surface area contributed by atoms with Gasteiger partial charge in [-0.2, -0.15) is 0 Å². The summed E-state index contributed by atoms with van der Waals surface area (Å²) in [4.78, 5) is 3.42. The fraction of sp³-hybridized carbons (Fsp3) is 0.632. The predicted octanol–water partition coefficient (Wildman–Crippen LogP) is -0.116. The first-order valence-electron chi connectivity index (χ1n) is 8.68. The Morgan fingerprint density at radius 3 is 2.57 bits per heavy atom. The lowest BCUT2D eigenvalue weighted by atomic mass is 9.97. The van der Waals surface area contributed by atoms with Crippen molar-refractivity contribution in [2.24, 2.45) is 0 Å². The Kier molecular flexibility index (Phi) is 9.60. The molecule has 1 N–H and O–H groups in total. The van der Waals surface area contributed by atoms with E-state index in [1.165, 1.54) is 48.9 Å². The van der Waals surface area contributed by atoms with Gasteiger partial charge in [-0.15, -0.1) is 0 Å². The molecule has 3 nitrogen and oxygen atoms in total. The number of hydrogen-bond acceptors (Lipinski definition) is 2. The van der Waals surface area contributed by atoms with Gasteiger partial charge < -0.3 is 33.5 Å². The molecule has 1 aromatic carbocycles. The fourth-order valence-corrected chi connectivity index (χ4v) is 3.05. The molecule has 130 valence electrons. The maximum atomic E-state index is 6.12. The van der Waals surface area contributed by atoms with Gasteiger partial charge in [0, 0.05) is 24.5 Å². The topological polar surface area (TPSA) is 32.4 Å². The summed E-state index contributed by atoms with van der Waals surface area (Å²) >= 11 is 0. The van der Waals surface area contributed by atoms with E-state index in [1.54, 1.807) is 7.11 Å². The molecule has 0 radical (unpaired) electrons. The van der Waals surface area contributed by atoms with E-state index in [2.05, 4.69) is 24.9 Å². The minimum atomic E-state index is 0. The van der Waals surface area contributed by atoms with Gasteiger partial charge in [0.2, 0.25) is 0 Å². The standard InChI is InChI=1S/C19H29NO2.HI/c1-4-5-6-7-8-9-14-22-19-17-12-13-20-15(2)16(17)10-11-18(19)21-3;/h10-11H,4-9,12-14H2,1-3H3;1H. The van der Waals surface area contributed by atoms with Crippen LogP contribution in [0.2, 0.25) is 0 Å². The van der Waals surface area contributed by atoms with Crippen LogP contribution in [-0.4, -0.2) is 26.0 Å². The Hall–Kier alpha value is -0.780. The van der Waals surface area contributed by atoms with Crippen molar-refractivity contribution in [2.75, 3.05) is 20.3 Å². The van der Waals surface area contributed by atoms with Gasteiger partial charge in [-0.1, -0.05) is 39.0 Å². The number of halogens is 1. The Bertz CT molecular complexity index is 514. The summed E-state index contributed by atoms with van der Waals surface area (Å²) in [7, 11) is 1.72. The van der Waals surface area contributed by atoms with Gasteiger partial charge >= 0.3 is 0 Å². The number of unbranched alkanes of at least 4 members (excludes halogenated alkanes) is 5. The molecule has 2 rings (SSSR count). The molecule has 0 fully saturated rings. The number of nitrogens with one attached hydrogen (secondary N) is 1. The lowest BCUT2D eigenvalue weighted by molar-refractivity contribution is -0.458. The molecule has 0 saturated carbocycles. The molecule has 0 saturated heterocycles. The highest BCUT2D eigenvalue weighted by atomic mass is 127. The Morgan fingerprint density at radius 1 is 1.09 bits per heavy atom. The molecule has 1 aliphatic rings. The number of benzene rings is 1. The molecule has 1 aromatic rings. The molecule has 0 spiro atoms. The van der Waals surface area contributed by atoms with Crippen LogP contribution in [0.4, 0.5) is 0 Å². The molecule has 1 heterocycles. The van der Waals surface area contributed by atoms with Crippen LogP contribution in [0.5, 0.6) is 11.5 Å². The van der Waals surface area contributed by atoms with Crippen LogP contribution in [0.15, 0.2) is 12.1 Å². The number of hydrogen-bond donors (Lipinski definition) is 1. The monoisotopic (exact) mass is 431 g/mol. The summed E-state index contributed by atoms with van der Waals surface area (Å²) in [6.45, 7) is 6.13. The van der Waals surface area contributed by atoms with E-state index in [4.69, 9.17) is 9.47 Å². The quantitative estimate of drug-likeness (QED) is 0.437. The molecule has 0 atom stereocenters. The maximum Gasteiger partial charge on any atom is 0.178 e. The van der Waals surface area contributed by atoms with Crippen molar-refractivity contribution in [3.63, 3.8) is 0 Å². The van der Waals surface area contributed by atoms with Gasteiger partial charge in [0.05, 0.1) is 13.7 Å². The SMILES string of the molecule is CCCCCCCCOc1c(OC)ccc2c1CC[NH+]=C2C.[I-]. The highest BCUT2D eigenvalue weighted by molar-refractivity contribution is 5.97. The van der Waals surface area contributed by atoms with Crippen molar-refractivity contribution in [3.05, 3.63) is 23.3 Å². The largest absolute Gasteiger partial charge is 1.00 e. The van der Waals surface area contributed by atoms with Gasteiger partial charge in [-0.25, -0.2) is 4.99 Å². The molecule has 1 aliphatic heterocycles. The molecule has 23 heavy (non-hydrogen) atoms. The number of fused-ring (bicyclic) bond motifs is 1. The first-order chi connectivity index (χ1) is 10.8. The maximum absolute atomic E-state index is 6.12. The second-order valence-corrected chi connectivity index (χ2v) is 6.04. The summed E-state index contributed by atoms with van der Waals surface area (Å²) in [5, 5.41) is 0. The summed E-state index contributed by atoms with van der Waals surface area (Å²) in [5.74, 6) is 1.81. The second-order valence-electron chi connectivity index (χ2n) is 6.04. The van der Waals surface area contributed by atoms with Crippen LogP contribution in [0.3, 0.4) is 0 Å². The smallest absolute Gasteiger partial charge is 0.178 e. The third-order valence-electron chi connectivity index (χ3n) is 4.36. The van der Waals surface area contributed by atoms with Crippen LogP contribution in [0.1, 0.15) is 63.5 Å². The lowest BCUT2D eigenvalue weighted by Gasteiger charge is -2.18. The van der Waals surface area contributed by atoms with E-state index in [0.717, 1.165) is 37.5 Å². The molecule has 0 aliphatic carbocycles. The molecule has 0 amide bonds. The Balaban J connectivity index is 0.00000264. The summed E-state index contributed by atoms with van der Waals surface area (Å²) in [5.41, 5.74) is 3.79. The van der Waals surface area contributed by atoms with E-state index in [0.29, 0.717) is 0 Å². The van der Waals surface area contributed by atoms with Gasteiger partial charge in [0.15, 0.2) is 17.2 Å². The molecular formula is C19H30INO2. The first-order valence-corrected chi connectivity index (χ1v) is 8.68. The third kappa shape index (κ3) is 5.66. The van der Waals surface area contributed by atoms with E-state index in [-0.39, 0.29) is 24.0 Å². The van der Waals surface area contributed by atoms with E-state index < -0.39 is 0 Å². The minimum Gasteiger partial charge on any atom is -1.00 e. The van der Waals surface area contributed by atoms with Gasteiger partial charge in [0.25, 0.3) is 0 Å². The highest BCUT2D eigenvalue weighted by Gasteiger charge is 2.22. The number of methoxy groups -OCH3 is 1. The van der Waals surface area contributed by atoms with E-state index in [1.807, 2.05) is 6.07 Å². The zero-order valence-corrected chi connectivity index (χ0v) is 16.9. The summed E-state index contributed by atoms with van der Waals surface area (Å²) in [6, 6.07) is 4.15. The molecular weight excluding hydrogens is 401 g/mol. The van der Waals surface area contributed by atoms with Crippen LogP contribution < -0.4 is 38.4 Å². The van der Waals surface area contributed by atoms with Crippen LogP contribution in [0.25, 0.3) is 0 Å². The van der Waals surface area contributed by atoms with Crippen molar-refractivity contribution >= 4 is 5.71 Å². The van der Waals surface area contributed by atoms with Crippen molar-refractivity contribution in [2.45, 2.75) is 58.8 Å². The molecule has 0 unspecified atom stereocenters. The summed E-state index contributed by atoms with van der Waals surface area (Å²) < 4.78 is 11.6. The van der Waals surface area contributed by atoms with Crippen molar-refractivity contribution in [1.82, 2.24) is 0 Å². The first kappa shape index (κ1) is 20.3. The average Bonchev–Trinajstić information content (AvgIpc) is 2.54. The second kappa shape index (κ2) is 10.9. The van der Waals surface area contributed by atoms with Crippen LogP contribution in [-0.2, 0) is 6.42 Å². The predicted molar refractivity (Wildman–Crippen MR) is 91.2 cm³/mol. The zero-order valence-electron chi connectivity index (χ0n) is 14.7. The van der Waals surface area contributed by atoms with Gasteiger partial charge in [-0.3, -0.25) is 0 Å². The zero-order chi connectivity index (χ0) is 15.8. The Morgan fingerprint density at radius 2 is 1.83 bits per heavy atom. The van der Waals surface area contributed by atoms with Gasteiger partial charge in [0.1, 0.15) is 6.54 Å². The highest BCUT2D eigenvalue weighted by Crippen LogP contribution is 2.34. The van der Waals surface area contributed by atoms with Crippen LogP contribution >= 0.6 is 0 Å². The molecule has 4 heteroatoms. The minimum absolute atomic E-state index is 0. The number of rotatable bonds is 9. The third-order valence-corrected chi connectivity index (χ3v) is 4.36. The Labute approximate surface area is 157 Å².